The summed E-state index contributed by atoms with van der Waals surface area (Å²) in [5.74, 6) is -0.0216. The highest BCUT2D eigenvalue weighted by molar-refractivity contribution is 7.11. The van der Waals surface area contributed by atoms with Gasteiger partial charge in [0.2, 0.25) is 0 Å². The molecule has 4 nitrogen and oxygen atoms in total. The van der Waals surface area contributed by atoms with Crippen molar-refractivity contribution in [3.63, 3.8) is 0 Å². The Hall–Kier alpha value is -2.11. The summed E-state index contributed by atoms with van der Waals surface area (Å²) in [6.07, 6.45) is 2.18. The molecule has 0 N–H and O–H groups in total. The molecule has 2 aliphatic heterocycles. The Morgan fingerprint density at radius 1 is 1.15 bits per heavy atom. The van der Waals surface area contributed by atoms with E-state index in [1.54, 1.807) is 24.3 Å². The van der Waals surface area contributed by atoms with Gasteiger partial charge in [0.05, 0.1) is 11.3 Å². The molecule has 0 saturated carbocycles. The largest absolute Gasteiger partial charge is 0.366 e. The van der Waals surface area contributed by atoms with E-state index in [9.17, 15) is 9.59 Å². The van der Waals surface area contributed by atoms with Crippen molar-refractivity contribution in [2.45, 2.75) is 19.8 Å². The van der Waals surface area contributed by atoms with Gasteiger partial charge in [0.25, 0.3) is 11.8 Å². The first-order valence-electron chi connectivity index (χ1n) is 8.73. The number of halogens is 1. The lowest BCUT2D eigenvalue weighted by atomic mass is 9.99. The SMILES string of the molecule is CC1CCCN(C2=C(c3cccs3)C(=O)N(c3cccc(Cl)c3)C2=O)C1. The number of rotatable bonds is 3. The fourth-order valence-corrected chi connectivity index (χ4v) is 4.64. The molecule has 1 saturated heterocycles. The van der Waals surface area contributed by atoms with Crippen LogP contribution in [-0.4, -0.2) is 29.8 Å². The number of carbonyl (C=O) groups is 2. The standard InChI is InChI=1S/C20H19ClN2O2S/c1-13-5-3-9-22(12-13)18-17(16-8-4-10-26-16)19(24)23(20(18)25)15-7-2-6-14(21)11-15/h2,4,6-8,10-11,13H,3,5,9,12H2,1H3. The van der Waals surface area contributed by atoms with Crippen LogP contribution in [0.15, 0.2) is 47.5 Å². The highest BCUT2D eigenvalue weighted by atomic mass is 35.5. The van der Waals surface area contributed by atoms with Crippen LogP contribution in [0.5, 0.6) is 0 Å². The lowest BCUT2D eigenvalue weighted by molar-refractivity contribution is -0.120. The van der Waals surface area contributed by atoms with E-state index in [0.717, 1.165) is 30.8 Å². The number of benzene rings is 1. The van der Waals surface area contributed by atoms with E-state index < -0.39 is 0 Å². The molecule has 0 spiro atoms. The molecule has 2 aliphatic rings. The highest BCUT2D eigenvalue weighted by Crippen LogP contribution is 2.38. The molecule has 3 heterocycles. The van der Waals surface area contributed by atoms with E-state index in [4.69, 9.17) is 11.6 Å². The Morgan fingerprint density at radius 3 is 2.69 bits per heavy atom. The number of hydrogen-bond acceptors (Lipinski definition) is 4. The van der Waals surface area contributed by atoms with Crippen molar-refractivity contribution in [2.75, 3.05) is 18.0 Å². The maximum absolute atomic E-state index is 13.3. The number of imide groups is 1. The summed E-state index contributed by atoms with van der Waals surface area (Å²) >= 11 is 7.57. The summed E-state index contributed by atoms with van der Waals surface area (Å²) in [6, 6.07) is 10.7. The summed E-state index contributed by atoms with van der Waals surface area (Å²) in [5.41, 5.74) is 1.56. The molecule has 1 aromatic heterocycles. The zero-order valence-electron chi connectivity index (χ0n) is 14.4. The first-order chi connectivity index (χ1) is 12.6. The molecule has 0 aliphatic carbocycles. The Bertz CT molecular complexity index is 891. The van der Waals surface area contributed by atoms with Gasteiger partial charge in [-0.05, 0) is 48.4 Å². The predicted molar refractivity (Wildman–Crippen MR) is 105 cm³/mol. The van der Waals surface area contributed by atoms with Crippen molar-refractivity contribution in [2.24, 2.45) is 5.92 Å². The van der Waals surface area contributed by atoms with E-state index in [2.05, 4.69) is 11.8 Å². The van der Waals surface area contributed by atoms with Crippen LogP contribution in [0.25, 0.3) is 5.57 Å². The molecule has 1 aromatic carbocycles. The van der Waals surface area contributed by atoms with E-state index in [0.29, 0.717) is 27.9 Å². The number of likely N-dealkylation sites (tertiary alicyclic amines) is 1. The molecule has 4 rings (SSSR count). The lowest BCUT2D eigenvalue weighted by Gasteiger charge is -2.33. The number of carbonyl (C=O) groups excluding carboxylic acids is 2. The Balaban J connectivity index is 1.81. The minimum absolute atomic E-state index is 0.255. The molecular formula is C20H19ClN2O2S. The molecule has 1 unspecified atom stereocenters. The normalized spacial score (nSPS) is 21.1. The molecule has 2 aromatic rings. The van der Waals surface area contributed by atoms with Gasteiger partial charge < -0.3 is 4.90 Å². The third-order valence-electron chi connectivity index (χ3n) is 4.87. The van der Waals surface area contributed by atoms with Gasteiger partial charge in [-0.3, -0.25) is 9.59 Å². The molecule has 26 heavy (non-hydrogen) atoms. The maximum atomic E-state index is 13.3. The minimum Gasteiger partial charge on any atom is -0.366 e. The van der Waals surface area contributed by atoms with Gasteiger partial charge >= 0.3 is 0 Å². The van der Waals surface area contributed by atoms with Gasteiger partial charge in [0, 0.05) is 23.0 Å². The van der Waals surface area contributed by atoms with Crippen LogP contribution in [0.2, 0.25) is 5.02 Å². The van der Waals surface area contributed by atoms with Crippen LogP contribution < -0.4 is 4.90 Å². The van der Waals surface area contributed by atoms with Crippen LogP contribution in [0.1, 0.15) is 24.6 Å². The van der Waals surface area contributed by atoms with Crippen molar-refractivity contribution >= 4 is 46.0 Å². The van der Waals surface area contributed by atoms with Crippen LogP contribution >= 0.6 is 22.9 Å². The number of amides is 2. The molecule has 1 fully saturated rings. The Kier molecular flexibility index (Phi) is 4.59. The van der Waals surface area contributed by atoms with Gasteiger partial charge in [-0.15, -0.1) is 11.3 Å². The summed E-state index contributed by atoms with van der Waals surface area (Å²) in [4.78, 5) is 30.7. The van der Waals surface area contributed by atoms with E-state index in [-0.39, 0.29) is 11.8 Å². The fraction of sp³-hybridized carbons (Fsp3) is 0.300. The summed E-state index contributed by atoms with van der Waals surface area (Å²) < 4.78 is 0. The van der Waals surface area contributed by atoms with Gasteiger partial charge in [0.1, 0.15) is 5.70 Å². The first-order valence-corrected chi connectivity index (χ1v) is 9.99. The van der Waals surface area contributed by atoms with Crippen molar-refractivity contribution < 1.29 is 9.59 Å². The van der Waals surface area contributed by atoms with Crippen LogP contribution in [0.3, 0.4) is 0 Å². The molecule has 2 amide bonds. The molecule has 1 atom stereocenters. The first kappa shape index (κ1) is 17.3. The van der Waals surface area contributed by atoms with Gasteiger partial charge in [-0.2, -0.15) is 0 Å². The zero-order valence-corrected chi connectivity index (χ0v) is 16.0. The zero-order chi connectivity index (χ0) is 18.3. The highest BCUT2D eigenvalue weighted by Gasteiger charge is 2.43. The number of hydrogen-bond donors (Lipinski definition) is 0. The number of nitrogens with zero attached hydrogens (tertiary/aromatic N) is 2. The maximum Gasteiger partial charge on any atom is 0.282 e. The van der Waals surface area contributed by atoms with Crippen LogP contribution in [0, 0.1) is 5.92 Å². The second-order valence-electron chi connectivity index (χ2n) is 6.82. The number of piperidine rings is 1. The third-order valence-corrected chi connectivity index (χ3v) is 5.99. The van der Waals surface area contributed by atoms with Crippen molar-refractivity contribution in [1.29, 1.82) is 0 Å². The average molecular weight is 387 g/mol. The van der Waals surface area contributed by atoms with E-state index >= 15 is 0 Å². The van der Waals surface area contributed by atoms with E-state index in [1.807, 2.05) is 17.5 Å². The molecular weight excluding hydrogens is 368 g/mol. The van der Waals surface area contributed by atoms with Gasteiger partial charge in [-0.25, -0.2) is 4.90 Å². The van der Waals surface area contributed by atoms with Gasteiger partial charge in [0.15, 0.2) is 0 Å². The quantitative estimate of drug-likeness (QED) is 0.733. The summed E-state index contributed by atoms with van der Waals surface area (Å²) in [5, 5.41) is 2.43. The lowest BCUT2D eigenvalue weighted by Crippen LogP contribution is -2.39. The van der Waals surface area contributed by atoms with Crippen molar-refractivity contribution in [1.82, 2.24) is 4.90 Å². The van der Waals surface area contributed by atoms with Crippen LogP contribution in [0.4, 0.5) is 5.69 Å². The number of thiophene rings is 1. The topological polar surface area (TPSA) is 40.6 Å². The molecule has 0 radical (unpaired) electrons. The monoisotopic (exact) mass is 386 g/mol. The fourth-order valence-electron chi connectivity index (χ4n) is 3.70. The molecule has 0 bridgehead atoms. The third kappa shape index (κ3) is 2.95. The summed E-state index contributed by atoms with van der Waals surface area (Å²) in [6.45, 7) is 3.79. The molecule has 134 valence electrons. The van der Waals surface area contributed by atoms with E-state index in [1.165, 1.54) is 16.2 Å². The second kappa shape index (κ2) is 6.89. The second-order valence-corrected chi connectivity index (χ2v) is 8.20. The average Bonchev–Trinajstić information content (AvgIpc) is 3.21. The van der Waals surface area contributed by atoms with Gasteiger partial charge in [-0.1, -0.05) is 30.7 Å². The van der Waals surface area contributed by atoms with Crippen molar-refractivity contribution in [3.05, 3.63) is 57.4 Å². The van der Waals surface area contributed by atoms with Crippen molar-refractivity contribution in [3.8, 4) is 0 Å². The minimum atomic E-state index is -0.270. The summed E-state index contributed by atoms with van der Waals surface area (Å²) in [7, 11) is 0. The molecule has 6 heteroatoms. The predicted octanol–water partition coefficient (Wildman–Crippen LogP) is 4.42. The number of anilines is 1. The Labute approximate surface area is 161 Å². The Morgan fingerprint density at radius 2 is 2.00 bits per heavy atom. The van der Waals surface area contributed by atoms with Crippen LogP contribution in [-0.2, 0) is 9.59 Å². The smallest absolute Gasteiger partial charge is 0.282 e.